The Balaban J connectivity index is 2.07. The molecule has 88 valence electrons. The molecule has 4 heteroatoms. The van der Waals surface area contributed by atoms with Crippen molar-refractivity contribution in [3.05, 3.63) is 54.6 Å². The van der Waals surface area contributed by atoms with Gasteiger partial charge >= 0.3 is 0 Å². The van der Waals surface area contributed by atoms with Gasteiger partial charge in [-0.1, -0.05) is 6.07 Å². The van der Waals surface area contributed by atoms with Gasteiger partial charge in [-0.15, -0.1) is 11.3 Å². The second-order valence-corrected chi connectivity index (χ2v) is 4.89. The maximum atomic E-state index is 4.60. The summed E-state index contributed by atoms with van der Waals surface area (Å²) in [6, 6.07) is 9.86. The van der Waals surface area contributed by atoms with Gasteiger partial charge in [-0.25, -0.2) is 4.98 Å². The summed E-state index contributed by atoms with van der Waals surface area (Å²) < 4.78 is 0. The first-order valence-corrected chi connectivity index (χ1v) is 6.45. The number of hydrogen-bond acceptors (Lipinski definition) is 4. The van der Waals surface area contributed by atoms with E-state index in [1.807, 2.05) is 43.5 Å². The molecule has 3 rings (SSSR count). The quantitative estimate of drug-likeness (QED) is 0.700. The van der Waals surface area contributed by atoms with Gasteiger partial charge in [0.1, 0.15) is 5.01 Å². The van der Waals surface area contributed by atoms with Crippen molar-refractivity contribution in [2.75, 3.05) is 0 Å². The molecule has 0 N–H and O–H groups in total. The molecule has 0 unspecified atom stereocenters. The van der Waals surface area contributed by atoms with Gasteiger partial charge in [0.05, 0.1) is 16.3 Å². The van der Waals surface area contributed by atoms with E-state index < -0.39 is 0 Å². The Bertz CT molecular complexity index is 647. The minimum atomic E-state index is 0.975. The minimum absolute atomic E-state index is 0.975. The van der Waals surface area contributed by atoms with Crippen LogP contribution in [0.15, 0.2) is 48.9 Å². The molecule has 3 heterocycles. The summed E-state index contributed by atoms with van der Waals surface area (Å²) in [6.45, 7) is 2.01. The van der Waals surface area contributed by atoms with E-state index in [0.717, 1.165) is 26.8 Å². The Morgan fingerprint density at radius 1 is 1.06 bits per heavy atom. The lowest BCUT2D eigenvalue weighted by Crippen LogP contribution is -1.81. The van der Waals surface area contributed by atoms with E-state index in [2.05, 4.69) is 15.0 Å². The highest BCUT2D eigenvalue weighted by Gasteiger charge is 2.11. The fourth-order valence-electron chi connectivity index (χ4n) is 1.74. The number of pyridine rings is 2. The first-order chi connectivity index (χ1) is 8.84. The summed E-state index contributed by atoms with van der Waals surface area (Å²) in [5.41, 5.74) is 3.04. The van der Waals surface area contributed by atoms with Crippen molar-refractivity contribution in [3.63, 3.8) is 0 Å². The van der Waals surface area contributed by atoms with E-state index >= 15 is 0 Å². The molecule has 0 fully saturated rings. The fraction of sp³-hybridized carbons (Fsp3) is 0.0714. The van der Waals surface area contributed by atoms with Gasteiger partial charge < -0.3 is 0 Å². The standard InChI is InChI=1S/C14H11N3S/c1-10-13(12-6-2-3-8-16-12)18-14(17-10)11-5-4-7-15-9-11/h2-9H,1H3. The predicted molar refractivity (Wildman–Crippen MR) is 73.3 cm³/mol. The molecule has 3 aromatic rings. The van der Waals surface area contributed by atoms with Crippen molar-refractivity contribution in [1.82, 2.24) is 15.0 Å². The zero-order chi connectivity index (χ0) is 12.4. The number of aromatic nitrogens is 3. The highest BCUT2D eigenvalue weighted by Crippen LogP contribution is 2.33. The molecule has 3 nitrogen and oxygen atoms in total. The molecular formula is C14H11N3S. The van der Waals surface area contributed by atoms with Crippen LogP contribution in [0.1, 0.15) is 5.69 Å². The molecular weight excluding hydrogens is 242 g/mol. The molecule has 0 atom stereocenters. The van der Waals surface area contributed by atoms with Crippen molar-refractivity contribution in [3.8, 4) is 21.1 Å². The molecule has 0 amide bonds. The lowest BCUT2D eigenvalue weighted by atomic mass is 10.2. The first-order valence-electron chi connectivity index (χ1n) is 5.64. The van der Waals surface area contributed by atoms with Gasteiger partial charge in [-0.05, 0) is 31.2 Å². The van der Waals surface area contributed by atoms with Gasteiger partial charge in [0, 0.05) is 24.2 Å². The second kappa shape index (κ2) is 4.66. The van der Waals surface area contributed by atoms with Gasteiger partial charge in [0.2, 0.25) is 0 Å². The normalized spacial score (nSPS) is 10.5. The highest BCUT2D eigenvalue weighted by molar-refractivity contribution is 7.18. The largest absolute Gasteiger partial charge is 0.264 e. The zero-order valence-electron chi connectivity index (χ0n) is 9.87. The van der Waals surface area contributed by atoms with Crippen LogP contribution < -0.4 is 0 Å². The maximum Gasteiger partial charge on any atom is 0.125 e. The molecule has 0 radical (unpaired) electrons. The fourth-order valence-corrected chi connectivity index (χ4v) is 2.78. The Labute approximate surface area is 109 Å². The molecule has 18 heavy (non-hydrogen) atoms. The molecule has 0 aliphatic carbocycles. The molecule has 0 aromatic carbocycles. The number of rotatable bonds is 2. The van der Waals surface area contributed by atoms with Crippen LogP contribution in [0.2, 0.25) is 0 Å². The summed E-state index contributed by atoms with van der Waals surface area (Å²) >= 11 is 1.65. The predicted octanol–water partition coefficient (Wildman–Crippen LogP) is 3.58. The number of thiazole rings is 1. The van der Waals surface area contributed by atoms with E-state index in [1.165, 1.54) is 0 Å². The molecule has 0 spiro atoms. The van der Waals surface area contributed by atoms with Gasteiger partial charge in [-0.3, -0.25) is 9.97 Å². The Morgan fingerprint density at radius 2 is 2.00 bits per heavy atom. The lowest BCUT2D eigenvalue weighted by molar-refractivity contribution is 1.24. The van der Waals surface area contributed by atoms with Crippen molar-refractivity contribution < 1.29 is 0 Å². The van der Waals surface area contributed by atoms with Gasteiger partial charge in [0.15, 0.2) is 0 Å². The van der Waals surface area contributed by atoms with Crippen LogP contribution in [0.3, 0.4) is 0 Å². The Hall–Kier alpha value is -2.07. The lowest BCUT2D eigenvalue weighted by Gasteiger charge is -1.95. The van der Waals surface area contributed by atoms with Crippen molar-refractivity contribution in [1.29, 1.82) is 0 Å². The molecule has 0 aliphatic heterocycles. The molecule has 0 saturated heterocycles. The average molecular weight is 253 g/mol. The third-order valence-electron chi connectivity index (χ3n) is 2.60. The van der Waals surface area contributed by atoms with Crippen LogP contribution in [0.4, 0.5) is 0 Å². The van der Waals surface area contributed by atoms with Crippen molar-refractivity contribution in [2.24, 2.45) is 0 Å². The van der Waals surface area contributed by atoms with Gasteiger partial charge in [-0.2, -0.15) is 0 Å². The van der Waals surface area contributed by atoms with Crippen LogP contribution in [-0.2, 0) is 0 Å². The summed E-state index contributed by atoms with van der Waals surface area (Å²) in [5.74, 6) is 0. The first kappa shape index (κ1) is 11.0. The average Bonchev–Trinajstić information content (AvgIpc) is 2.83. The molecule has 3 aromatic heterocycles. The van der Waals surface area contributed by atoms with Crippen LogP contribution in [0.25, 0.3) is 21.1 Å². The van der Waals surface area contributed by atoms with Crippen LogP contribution in [0.5, 0.6) is 0 Å². The maximum absolute atomic E-state index is 4.60. The number of nitrogens with zero attached hydrogens (tertiary/aromatic N) is 3. The van der Waals surface area contributed by atoms with E-state index in [1.54, 1.807) is 23.7 Å². The van der Waals surface area contributed by atoms with Crippen LogP contribution >= 0.6 is 11.3 Å². The summed E-state index contributed by atoms with van der Waals surface area (Å²) in [7, 11) is 0. The van der Waals surface area contributed by atoms with E-state index in [0.29, 0.717) is 0 Å². The molecule has 0 saturated carbocycles. The number of hydrogen-bond donors (Lipinski definition) is 0. The smallest absolute Gasteiger partial charge is 0.125 e. The van der Waals surface area contributed by atoms with Gasteiger partial charge in [0.25, 0.3) is 0 Å². The second-order valence-electron chi connectivity index (χ2n) is 3.89. The summed E-state index contributed by atoms with van der Waals surface area (Å²) in [5, 5.41) is 0.987. The third kappa shape index (κ3) is 2.02. The van der Waals surface area contributed by atoms with Crippen molar-refractivity contribution in [2.45, 2.75) is 6.92 Å². The number of aryl methyl sites for hydroxylation is 1. The van der Waals surface area contributed by atoms with E-state index in [-0.39, 0.29) is 0 Å². The highest BCUT2D eigenvalue weighted by atomic mass is 32.1. The zero-order valence-corrected chi connectivity index (χ0v) is 10.7. The van der Waals surface area contributed by atoms with E-state index in [4.69, 9.17) is 0 Å². The molecule has 0 aliphatic rings. The van der Waals surface area contributed by atoms with Crippen molar-refractivity contribution >= 4 is 11.3 Å². The minimum Gasteiger partial charge on any atom is -0.264 e. The third-order valence-corrected chi connectivity index (χ3v) is 3.83. The Morgan fingerprint density at radius 3 is 2.72 bits per heavy atom. The molecule has 0 bridgehead atoms. The SMILES string of the molecule is Cc1nc(-c2cccnc2)sc1-c1ccccn1. The van der Waals surface area contributed by atoms with E-state index in [9.17, 15) is 0 Å². The Kier molecular flexibility index (Phi) is 2.86. The monoisotopic (exact) mass is 253 g/mol. The topological polar surface area (TPSA) is 38.7 Å². The summed E-state index contributed by atoms with van der Waals surface area (Å²) in [4.78, 5) is 14.2. The summed E-state index contributed by atoms with van der Waals surface area (Å²) in [6.07, 6.45) is 5.41. The van der Waals surface area contributed by atoms with Crippen LogP contribution in [0, 0.1) is 6.92 Å². The van der Waals surface area contributed by atoms with Crippen LogP contribution in [-0.4, -0.2) is 15.0 Å².